The Labute approximate surface area is 110 Å². The molecule has 1 N–H and O–H groups in total. The molecule has 100 valence electrons. The third-order valence-corrected chi connectivity index (χ3v) is 4.71. The molecule has 1 fully saturated rings. The molecule has 0 aromatic carbocycles. The summed E-state index contributed by atoms with van der Waals surface area (Å²) in [6, 6.07) is 0.662. The molecule has 1 aromatic rings. The van der Waals surface area contributed by atoms with Gasteiger partial charge in [0.05, 0.1) is 5.69 Å². The lowest BCUT2D eigenvalue weighted by molar-refractivity contribution is 0.215. The van der Waals surface area contributed by atoms with Crippen LogP contribution in [0.1, 0.15) is 62.8 Å². The SMILES string of the molecule is CCCc1nc2c(n1C(C)C1CCC1)CCNC2. The first-order chi connectivity index (χ1) is 8.81. The molecular weight excluding hydrogens is 222 g/mol. The van der Waals surface area contributed by atoms with Gasteiger partial charge >= 0.3 is 0 Å². The zero-order chi connectivity index (χ0) is 12.5. The molecule has 1 aliphatic carbocycles. The van der Waals surface area contributed by atoms with Crippen LogP contribution in [0.3, 0.4) is 0 Å². The monoisotopic (exact) mass is 247 g/mol. The van der Waals surface area contributed by atoms with E-state index in [0.717, 1.165) is 31.8 Å². The predicted molar refractivity (Wildman–Crippen MR) is 73.7 cm³/mol. The first-order valence-corrected chi connectivity index (χ1v) is 7.60. The molecule has 1 atom stereocenters. The van der Waals surface area contributed by atoms with Gasteiger partial charge in [-0.2, -0.15) is 0 Å². The van der Waals surface area contributed by atoms with E-state index in [1.165, 1.54) is 42.9 Å². The van der Waals surface area contributed by atoms with Crippen LogP contribution in [0.5, 0.6) is 0 Å². The second-order valence-electron chi connectivity index (χ2n) is 5.90. The fraction of sp³-hybridized carbons (Fsp3) is 0.800. The normalized spacial score (nSPS) is 21.4. The van der Waals surface area contributed by atoms with Gasteiger partial charge in [-0.3, -0.25) is 0 Å². The van der Waals surface area contributed by atoms with Gasteiger partial charge in [0.1, 0.15) is 5.82 Å². The van der Waals surface area contributed by atoms with Gasteiger partial charge in [0.25, 0.3) is 0 Å². The molecule has 1 unspecified atom stereocenters. The molecule has 2 heterocycles. The van der Waals surface area contributed by atoms with Crippen LogP contribution < -0.4 is 5.32 Å². The molecule has 18 heavy (non-hydrogen) atoms. The van der Waals surface area contributed by atoms with Gasteiger partial charge in [-0.1, -0.05) is 13.3 Å². The van der Waals surface area contributed by atoms with Gasteiger partial charge < -0.3 is 9.88 Å². The molecule has 3 nitrogen and oxygen atoms in total. The highest BCUT2D eigenvalue weighted by Gasteiger charge is 2.30. The van der Waals surface area contributed by atoms with Crippen molar-refractivity contribution in [3.05, 3.63) is 17.2 Å². The summed E-state index contributed by atoms with van der Waals surface area (Å²) in [6.07, 6.45) is 7.74. The average Bonchev–Trinajstić information content (AvgIpc) is 2.65. The first-order valence-electron chi connectivity index (χ1n) is 7.60. The quantitative estimate of drug-likeness (QED) is 0.886. The number of hydrogen-bond donors (Lipinski definition) is 1. The van der Waals surface area contributed by atoms with E-state index in [1.54, 1.807) is 0 Å². The van der Waals surface area contributed by atoms with E-state index < -0.39 is 0 Å². The Morgan fingerprint density at radius 1 is 1.44 bits per heavy atom. The van der Waals surface area contributed by atoms with E-state index in [9.17, 15) is 0 Å². The smallest absolute Gasteiger partial charge is 0.109 e. The second-order valence-corrected chi connectivity index (χ2v) is 5.90. The third kappa shape index (κ3) is 1.99. The van der Waals surface area contributed by atoms with Crippen molar-refractivity contribution >= 4 is 0 Å². The van der Waals surface area contributed by atoms with Crippen LogP contribution in [0, 0.1) is 5.92 Å². The standard InChI is InChI=1S/C15H25N3/c1-3-5-15-17-13-10-16-9-8-14(13)18(15)11(2)12-6-4-7-12/h11-12,16H,3-10H2,1-2H3. The average molecular weight is 247 g/mol. The van der Waals surface area contributed by atoms with Crippen LogP contribution in [-0.4, -0.2) is 16.1 Å². The summed E-state index contributed by atoms with van der Waals surface area (Å²) in [7, 11) is 0. The van der Waals surface area contributed by atoms with E-state index in [-0.39, 0.29) is 0 Å². The summed E-state index contributed by atoms with van der Waals surface area (Å²) in [5.41, 5.74) is 2.84. The van der Waals surface area contributed by atoms with Crippen LogP contribution in [0.25, 0.3) is 0 Å². The zero-order valence-electron chi connectivity index (χ0n) is 11.7. The molecule has 0 bridgehead atoms. The van der Waals surface area contributed by atoms with Gasteiger partial charge in [-0.15, -0.1) is 0 Å². The highest BCUT2D eigenvalue weighted by Crippen LogP contribution is 2.38. The summed E-state index contributed by atoms with van der Waals surface area (Å²) in [5, 5.41) is 3.44. The van der Waals surface area contributed by atoms with E-state index in [1.807, 2.05) is 0 Å². The third-order valence-electron chi connectivity index (χ3n) is 4.71. The summed E-state index contributed by atoms with van der Waals surface area (Å²) in [5.74, 6) is 2.24. The fourth-order valence-electron chi connectivity index (χ4n) is 3.40. The van der Waals surface area contributed by atoms with Crippen molar-refractivity contribution in [2.45, 2.75) is 65.0 Å². The minimum Gasteiger partial charge on any atom is -0.329 e. The van der Waals surface area contributed by atoms with E-state index >= 15 is 0 Å². The maximum atomic E-state index is 4.90. The minimum absolute atomic E-state index is 0.662. The Hall–Kier alpha value is -0.830. The largest absolute Gasteiger partial charge is 0.329 e. The molecule has 0 radical (unpaired) electrons. The van der Waals surface area contributed by atoms with Crippen LogP contribution in [0.2, 0.25) is 0 Å². The van der Waals surface area contributed by atoms with Gasteiger partial charge in [0.15, 0.2) is 0 Å². The Bertz CT molecular complexity index is 418. The lowest BCUT2D eigenvalue weighted by Crippen LogP contribution is -2.29. The molecule has 1 aromatic heterocycles. The molecule has 0 saturated heterocycles. The number of nitrogens with one attached hydrogen (secondary N) is 1. The fourth-order valence-corrected chi connectivity index (χ4v) is 3.40. The summed E-state index contributed by atoms with van der Waals surface area (Å²) < 4.78 is 2.60. The van der Waals surface area contributed by atoms with Gasteiger partial charge in [0.2, 0.25) is 0 Å². The van der Waals surface area contributed by atoms with Crippen molar-refractivity contribution in [1.82, 2.24) is 14.9 Å². The highest BCUT2D eigenvalue weighted by molar-refractivity contribution is 5.21. The maximum absolute atomic E-state index is 4.90. The predicted octanol–water partition coefficient (Wildman–Crippen LogP) is 2.84. The topological polar surface area (TPSA) is 29.9 Å². The lowest BCUT2D eigenvalue weighted by atomic mass is 9.80. The zero-order valence-corrected chi connectivity index (χ0v) is 11.7. The number of imidazole rings is 1. The van der Waals surface area contributed by atoms with E-state index in [4.69, 9.17) is 4.98 Å². The molecule has 0 amide bonds. The molecule has 3 heteroatoms. The molecule has 1 saturated carbocycles. The number of fused-ring (bicyclic) bond motifs is 1. The molecule has 3 rings (SSSR count). The maximum Gasteiger partial charge on any atom is 0.109 e. The van der Waals surface area contributed by atoms with Crippen LogP contribution in [0.15, 0.2) is 0 Å². The Kier molecular flexibility index (Phi) is 3.42. The van der Waals surface area contributed by atoms with E-state index in [0.29, 0.717) is 6.04 Å². The van der Waals surface area contributed by atoms with Crippen molar-refractivity contribution in [2.75, 3.05) is 6.54 Å². The van der Waals surface area contributed by atoms with Crippen molar-refractivity contribution < 1.29 is 0 Å². The number of nitrogens with zero attached hydrogens (tertiary/aromatic N) is 2. The molecule has 1 aliphatic heterocycles. The molecule has 0 spiro atoms. The van der Waals surface area contributed by atoms with E-state index in [2.05, 4.69) is 23.7 Å². The van der Waals surface area contributed by atoms with Crippen LogP contribution in [0.4, 0.5) is 0 Å². The van der Waals surface area contributed by atoms with Crippen molar-refractivity contribution in [3.8, 4) is 0 Å². The van der Waals surface area contributed by atoms with Gasteiger partial charge in [0, 0.05) is 37.7 Å². The number of aryl methyl sites for hydroxylation is 1. The van der Waals surface area contributed by atoms with Gasteiger partial charge in [-0.05, 0) is 32.1 Å². The van der Waals surface area contributed by atoms with Crippen LogP contribution >= 0.6 is 0 Å². The first kappa shape index (κ1) is 12.2. The molecule has 2 aliphatic rings. The Morgan fingerprint density at radius 3 is 2.94 bits per heavy atom. The summed E-state index contributed by atoms with van der Waals surface area (Å²) in [6.45, 7) is 6.75. The van der Waals surface area contributed by atoms with Crippen molar-refractivity contribution in [3.63, 3.8) is 0 Å². The Morgan fingerprint density at radius 2 is 2.28 bits per heavy atom. The Balaban J connectivity index is 1.95. The molecular formula is C15H25N3. The van der Waals surface area contributed by atoms with Gasteiger partial charge in [-0.25, -0.2) is 4.98 Å². The summed E-state index contributed by atoms with van der Waals surface area (Å²) in [4.78, 5) is 4.90. The summed E-state index contributed by atoms with van der Waals surface area (Å²) >= 11 is 0. The van der Waals surface area contributed by atoms with Crippen LogP contribution in [-0.2, 0) is 19.4 Å². The second kappa shape index (κ2) is 5.04. The number of rotatable bonds is 4. The van der Waals surface area contributed by atoms with Crippen molar-refractivity contribution in [1.29, 1.82) is 0 Å². The highest BCUT2D eigenvalue weighted by atomic mass is 15.1. The van der Waals surface area contributed by atoms with Crippen molar-refractivity contribution in [2.24, 2.45) is 5.92 Å². The number of aromatic nitrogens is 2. The lowest BCUT2D eigenvalue weighted by Gasteiger charge is -2.34. The minimum atomic E-state index is 0.662. The number of hydrogen-bond acceptors (Lipinski definition) is 2.